The highest BCUT2D eigenvalue weighted by molar-refractivity contribution is 8.26. The average molecular weight is 448 g/mol. The molecule has 1 heterocycles. The van der Waals surface area contributed by atoms with Gasteiger partial charge in [0.25, 0.3) is 5.91 Å². The van der Waals surface area contributed by atoms with Crippen LogP contribution in [0.4, 0.5) is 0 Å². The summed E-state index contributed by atoms with van der Waals surface area (Å²) >= 11 is 12.9. The van der Waals surface area contributed by atoms with Crippen LogP contribution in [0.5, 0.6) is 11.5 Å². The summed E-state index contributed by atoms with van der Waals surface area (Å²) in [6.07, 6.45) is 2.71. The Kier molecular flexibility index (Phi) is 7.58. The number of halogens is 1. The zero-order valence-electron chi connectivity index (χ0n) is 16.3. The molecule has 2 aromatic rings. The van der Waals surface area contributed by atoms with Crippen molar-refractivity contribution in [2.24, 2.45) is 0 Å². The number of ether oxygens (including phenoxy) is 2. The van der Waals surface area contributed by atoms with Gasteiger partial charge in [-0.05, 0) is 43.2 Å². The summed E-state index contributed by atoms with van der Waals surface area (Å²) in [6.45, 7) is 5.43. The summed E-state index contributed by atoms with van der Waals surface area (Å²) in [7, 11) is 0. The summed E-state index contributed by atoms with van der Waals surface area (Å²) in [5.74, 6) is 1.21. The van der Waals surface area contributed by atoms with Crippen LogP contribution in [0.1, 0.15) is 31.4 Å². The summed E-state index contributed by atoms with van der Waals surface area (Å²) in [5.41, 5.74) is 1.76. The molecule has 4 nitrogen and oxygen atoms in total. The summed E-state index contributed by atoms with van der Waals surface area (Å²) < 4.78 is 12.3. The van der Waals surface area contributed by atoms with Crippen molar-refractivity contribution in [1.29, 1.82) is 0 Å². The van der Waals surface area contributed by atoms with Crippen LogP contribution in [0.25, 0.3) is 6.08 Å². The monoisotopic (exact) mass is 447 g/mol. The topological polar surface area (TPSA) is 38.8 Å². The number of nitrogens with zero attached hydrogens (tertiary/aromatic N) is 1. The zero-order valence-corrected chi connectivity index (χ0v) is 18.7. The van der Waals surface area contributed by atoms with Crippen LogP contribution in [-0.2, 0) is 11.4 Å². The number of amides is 1. The lowest BCUT2D eigenvalue weighted by atomic mass is 10.1. The van der Waals surface area contributed by atoms with Gasteiger partial charge in [-0.25, -0.2) is 0 Å². The van der Waals surface area contributed by atoms with Gasteiger partial charge in [0.05, 0.1) is 11.5 Å². The number of carbonyl (C=O) groups is 1. The first-order chi connectivity index (χ1) is 14.0. The molecule has 29 heavy (non-hydrogen) atoms. The Morgan fingerprint density at radius 3 is 2.66 bits per heavy atom. The minimum atomic E-state index is -0.0427. The Bertz CT molecular complexity index is 945. The van der Waals surface area contributed by atoms with E-state index in [1.807, 2.05) is 62.4 Å². The highest BCUT2D eigenvalue weighted by atomic mass is 35.5. The lowest BCUT2D eigenvalue weighted by molar-refractivity contribution is -0.122. The normalized spacial score (nSPS) is 15.3. The summed E-state index contributed by atoms with van der Waals surface area (Å²) in [6, 6.07) is 13.2. The van der Waals surface area contributed by atoms with Crippen LogP contribution < -0.4 is 9.47 Å². The number of carbonyl (C=O) groups excluding carboxylic acids is 1. The van der Waals surface area contributed by atoms with E-state index in [1.165, 1.54) is 11.8 Å². The van der Waals surface area contributed by atoms with Crippen LogP contribution in [0, 0.1) is 0 Å². The maximum absolute atomic E-state index is 12.6. The Balaban J connectivity index is 1.80. The third kappa shape index (κ3) is 5.32. The molecule has 1 aliphatic rings. The van der Waals surface area contributed by atoms with Crippen LogP contribution in [0.3, 0.4) is 0 Å². The molecule has 3 rings (SSSR count). The van der Waals surface area contributed by atoms with E-state index in [-0.39, 0.29) is 5.91 Å². The first-order valence-electron chi connectivity index (χ1n) is 9.42. The standard InChI is InChI=1S/C22H22ClNO3S2/c1-3-11-24-21(25)20(29-22(24)28)13-15-9-10-18(19(12-15)26-4-2)27-14-16-7-5-6-8-17(16)23/h5-10,12-13H,3-4,11,14H2,1-2H3/b20-13-. The molecule has 0 unspecified atom stereocenters. The second kappa shape index (κ2) is 10.1. The van der Waals surface area contributed by atoms with Gasteiger partial charge in [0.2, 0.25) is 0 Å². The van der Waals surface area contributed by atoms with Crippen LogP contribution >= 0.6 is 35.6 Å². The fraction of sp³-hybridized carbons (Fsp3) is 0.273. The van der Waals surface area contributed by atoms with Crippen molar-refractivity contribution in [3.05, 3.63) is 63.5 Å². The lowest BCUT2D eigenvalue weighted by Gasteiger charge is -2.13. The Hall–Kier alpha value is -2.02. The molecule has 2 aromatic carbocycles. The van der Waals surface area contributed by atoms with Crippen LogP contribution in [0.2, 0.25) is 5.02 Å². The van der Waals surface area contributed by atoms with Crippen LogP contribution in [0.15, 0.2) is 47.4 Å². The third-order valence-corrected chi connectivity index (χ3v) is 5.97. The Morgan fingerprint density at radius 2 is 1.93 bits per heavy atom. The van der Waals surface area contributed by atoms with Crippen molar-refractivity contribution in [3.8, 4) is 11.5 Å². The van der Waals surface area contributed by atoms with E-state index in [4.69, 9.17) is 33.3 Å². The average Bonchev–Trinajstić information content (AvgIpc) is 2.96. The number of benzene rings is 2. The third-order valence-electron chi connectivity index (χ3n) is 4.23. The van der Waals surface area contributed by atoms with Gasteiger partial charge in [-0.1, -0.05) is 66.8 Å². The number of rotatable bonds is 8. The quantitative estimate of drug-likeness (QED) is 0.370. The zero-order chi connectivity index (χ0) is 20.8. The molecule has 0 bridgehead atoms. The highest BCUT2D eigenvalue weighted by Crippen LogP contribution is 2.35. The molecule has 1 amide bonds. The largest absolute Gasteiger partial charge is 0.490 e. The Morgan fingerprint density at radius 1 is 1.14 bits per heavy atom. The molecule has 7 heteroatoms. The summed E-state index contributed by atoms with van der Waals surface area (Å²) in [5, 5.41) is 0.663. The van der Waals surface area contributed by atoms with Gasteiger partial charge < -0.3 is 9.47 Å². The molecule has 0 aliphatic carbocycles. The maximum atomic E-state index is 12.6. The molecule has 0 aromatic heterocycles. The molecule has 1 saturated heterocycles. The van der Waals surface area contributed by atoms with Crippen molar-refractivity contribution < 1.29 is 14.3 Å². The predicted octanol–water partition coefficient (Wildman–Crippen LogP) is 5.93. The number of thioether (sulfide) groups is 1. The maximum Gasteiger partial charge on any atom is 0.266 e. The first kappa shape index (κ1) is 21.7. The van der Waals surface area contributed by atoms with E-state index in [0.717, 1.165) is 17.5 Å². The molecule has 0 atom stereocenters. The van der Waals surface area contributed by atoms with Gasteiger partial charge in [-0.3, -0.25) is 9.69 Å². The number of hydrogen-bond donors (Lipinski definition) is 0. The van der Waals surface area contributed by atoms with Crippen LogP contribution in [-0.4, -0.2) is 28.3 Å². The highest BCUT2D eigenvalue weighted by Gasteiger charge is 2.31. The van der Waals surface area contributed by atoms with E-state index in [2.05, 4.69) is 0 Å². The van der Waals surface area contributed by atoms with Crippen molar-refractivity contribution in [2.75, 3.05) is 13.2 Å². The van der Waals surface area contributed by atoms with Crippen molar-refractivity contribution in [1.82, 2.24) is 4.90 Å². The molecular weight excluding hydrogens is 426 g/mol. The smallest absolute Gasteiger partial charge is 0.266 e. The van der Waals surface area contributed by atoms with E-state index >= 15 is 0 Å². The van der Waals surface area contributed by atoms with Gasteiger partial charge in [-0.2, -0.15) is 0 Å². The van der Waals surface area contributed by atoms with Crippen molar-refractivity contribution in [2.45, 2.75) is 26.9 Å². The molecular formula is C22H22ClNO3S2. The number of thiocarbonyl (C=S) groups is 1. The number of hydrogen-bond acceptors (Lipinski definition) is 5. The second-order valence-electron chi connectivity index (χ2n) is 6.35. The molecule has 1 fully saturated rings. The predicted molar refractivity (Wildman–Crippen MR) is 124 cm³/mol. The second-order valence-corrected chi connectivity index (χ2v) is 8.44. The van der Waals surface area contributed by atoms with Gasteiger partial charge in [0.15, 0.2) is 11.5 Å². The van der Waals surface area contributed by atoms with Crippen molar-refractivity contribution in [3.63, 3.8) is 0 Å². The molecule has 0 spiro atoms. The fourth-order valence-corrected chi connectivity index (χ4v) is 4.34. The minimum Gasteiger partial charge on any atom is -0.490 e. The molecule has 0 N–H and O–H groups in total. The van der Waals surface area contributed by atoms with Crippen molar-refractivity contribution >= 4 is 51.9 Å². The molecule has 0 radical (unpaired) electrons. The van der Waals surface area contributed by atoms with E-state index < -0.39 is 0 Å². The van der Waals surface area contributed by atoms with Gasteiger partial charge in [0, 0.05) is 17.1 Å². The van der Waals surface area contributed by atoms with Gasteiger partial charge >= 0.3 is 0 Å². The molecule has 152 valence electrons. The van der Waals surface area contributed by atoms with E-state index in [9.17, 15) is 4.79 Å². The SMILES string of the molecule is CCCN1C(=O)/C(=C/c2ccc(OCc3ccccc3Cl)c(OCC)c2)SC1=S. The summed E-state index contributed by atoms with van der Waals surface area (Å²) in [4.78, 5) is 14.8. The minimum absolute atomic E-state index is 0.0427. The van der Waals surface area contributed by atoms with E-state index in [1.54, 1.807) is 4.90 Å². The Labute approximate surface area is 185 Å². The van der Waals surface area contributed by atoms with Gasteiger partial charge in [0.1, 0.15) is 10.9 Å². The first-order valence-corrected chi connectivity index (χ1v) is 11.0. The molecule has 0 saturated carbocycles. The molecule has 1 aliphatic heterocycles. The fourth-order valence-electron chi connectivity index (χ4n) is 2.84. The van der Waals surface area contributed by atoms with Gasteiger partial charge in [-0.15, -0.1) is 0 Å². The van der Waals surface area contributed by atoms with E-state index in [0.29, 0.717) is 45.5 Å². The lowest BCUT2D eigenvalue weighted by Crippen LogP contribution is -2.28.